The summed E-state index contributed by atoms with van der Waals surface area (Å²) in [5.41, 5.74) is 6.02. The second kappa shape index (κ2) is 7.60. The monoisotopic (exact) mass is 408 g/mol. The van der Waals surface area contributed by atoms with Gasteiger partial charge in [0.05, 0.1) is 0 Å². The van der Waals surface area contributed by atoms with Crippen LogP contribution in [0.4, 0.5) is 0 Å². The SMILES string of the molecule is Cc1cccc2c1-c1ccccc1[Si@@](O)(c1ccccc1OCc1ccccc1)C2. The van der Waals surface area contributed by atoms with Gasteiger partial charge in [-0.1, -0.05) is 91.0 Å². The first-order valence-corrected chi connectivity index (χ1v) is 12.5. The second-order valence-electron chi connectivity index (χ2n) is 7.96. The van der Waals surface area contributed by atoms with Gasteiger partial charge in [-0.2, -0.15) is 0 Å². The second-order valence-corrected chi connectivity index (χ2v) is 11.1. The number of ether oxygens (including phenoxy) is 1. The topological polar surface area (TPSA) is 29.5 Å². The first kappa shape index (κ1) is 18.9. The highest BCUT2D eigenvalue weighted by Gasteiger charge is 2.44. The summed E-state index contributed by atoms with van der Waals surface area (Å²) < 4.78 is 6.24. The third-order valence-corrected chi connectivity index (χ3v) is 9.54. The Kier molecular flexibility index (Phi) is 4.78. The lowest BCUT2D eigenvalue weighted by Gasteiger charge is -2.35. The molecule has 30 heavy (non-hydrogen) atoms. The minimum atomic E-state index is -3.02. The van der Waals surface area contributed by atoms with Gasteiger partial charge in [-0.25, -0.2) is 0 Å². The smallest absolute Gasteiger partial charge is 0.261 e. The van der Waals surface area contributed by atoms with Crippen molar-refractivity contribution in [3.63, 3.8) is 0 Å². The van der Waals surface area contributed by atoms with Crippen LogP contribution in [0, 0.1) is 6.92 Å². The number of hydrogen-bond donors (Lipinski definition) is 1. The molecule has 0 unspecified atom stereocenters. The molecule has 0 aliphatic carbocycles. The van der Waals surface area contributed by atoms with E-state index in [1.54, 1.807) is 0 Å². The summed E-state index contributed by atoms with van der Waals surface area (Å²) in [5.74, 6) is 0.779. The van der Waals surface area contributed by atoms with E-state index in [-0.39, 0.29) is 0 Å². The molecule has 4 aromatic carbocycles. The van der Waals surface area contributed by atoms with Gasteiger partial charge in [0.1, 0.15) is 12.4 Å². The predicted octanol–water partition coefficient (Wildman–Crippen LogP) is 4.39. The summed E-state index contributed by atoms with van der Waals surface area (Å²) in [6.07, 6.45) is 0. The van der Waals surface area contributed by atoms with Crippen molar-refractivity contribution in [2.75, 3.05) is 0 Å². The normalized spacial score (nSPS) is 17.1. The van der Waals surface area contributed by atoms with Crippen LogP contribution in [0.1, 0.15) is 16.7 Å². The maximum Gasteiger partial charge on any atom is 0.261 e. The molecule has 1 aliphatic heterocycles. The van der Waals surface area contributed by atoms with E-state index < -0.39 is 8.32 Å². The van der Waals surface area contributed by atoms with Crippen LogP contribution in [0.15, 0.2) is 97.1 Å². The molecule has 2 nitrogen and oxygen atoms in total. The number of aryl methyl sites for hydroxylation is 1. The lowest BCUT2D eigenvalue weighted by atomic mass is 9.95. The molecule has 0 saturated heterocycles. The maximum absolute atomic E-state index is 12.3. The zero-order valence-corrected chi connectivity index (χ0v) is 18.0. The van der Waals surface area contributed by atoms with Crippen molar-refractivity contribution in [1.29, 1.82) is 0 Å². The van der Waals surface area contributed by atoms with E-state index >= 15 is 0 Å². The van der Waals surface area contributed by atoms with Crippen molar-refractivity contribution in [2.45, 2.75) is 19.6 Å². The molecule has 4 aromatic rings. The van der Waals surface area contributed by atoms with E-state index in [4.69, 9.17) is 4.74 Å². The fraction of sp³-hybridized carbons (Fsp3) is 0.111. The Labute approximate surface area is 178 Å². The largest absolute Gasteiger partial charge is 0.489 e. The Bertz CT molecular complexity index is 1200. The first-order chi connectivity index (χ1) is 14.7. The molecular formula is C27H24O2Si. The van der Waals surface area contributed by atoms with Crippen molar-refractivity contribution in [2.24, 2.45) is 0 Å². The minimum Gasteiger partial charge on any atom is -0.489 e. The van der Waals surface area contributed by atoms with Crippen LogP contribution in [-0.2, 0) is 12.7 Å². The van der Waals surface area contributed by atoms with Crippen molar-refractivity contribution in [1.82, 2.24) is 0 Å². The van der Waals surface area contributed by atoms with Gasteiger partial charge in [0.25, 0.3) is 8.32 Å². The standard InChI is InChI=1S/C27H24O2Si/c1-20-10-9-13-22-19-30(28,25-16-7-5-14-23(25)27(20)22)26-17-8-6-15-24(26)29-18-21-11-3-2-4-12-21/h2-17,28H,18-19H2,1H3/t30-/m1/s1. The number of hydrogen-bond acceptors (Lipinski definition) is 2. The van der Waals surface area contributed by atoms with Crippen LogP contribution < -0.4 is 15.1 Å². The van der Waals surface area contributed by atoms with Crippen molar-refractivity contribution >= 4 is 18.7 Å². The lowest BCUT2D eigenvalue weighted by Crippen LogP contribution is -2.63. The van der Waals surface area contributed by atoms with Gasteiger partial charge in [-0.15, -0.1) is 0 Å². The minimum absolute atomic E-state index is 0.486. The summed E-state index contributed by atoms with van der Waals surface area (Å²) in [6, 6.07) is 33.6. The first-order valence-electron chi connectivity index (χ1n) is 10.3. The van der Waals surface area contributed by atoms with Gasteiger partial charge in [0.15, 0.2) is 0 Å². The van der Waals surface area contributed by atoms with E-state index in [0.717, 1.165) is 27.2 Å². The molecule has 0 bridgehead atoms. The maximum atomic E-state index is 12.3. The van der Waals surface area contributed by atoms with E-state index in [2.05, 4.69) is 55.5 Å². The molecule has 0 aromatic heterocycles. The van der Waals surface area contributed by atoms with E-state index in [0.29, 0.717) is 12.7 Å². The Morgan fingerprint density at radius 2 is 1.47 bits per heavy atom. The highest BCUT2D eigenvalue weighted by Crippen LogP contribution is 2.34. The molecule has 0 spiro atoms. The summed E-state index contributed by atoms with van der Waals surface area (Å²) in [7, 11) is -3.02. The zero-order valence-electron chi connectivity index (χ0n) is 17.0. The average molecular weight is 409 g/mol. The molecule has 0 saturated carbocycles. The molecule has 5 rings (SSSR count). The molecule has 1 aliphatic rings. The predicted molar refractivity (Wildman–Crippen MR) is 125 cm³/mol. The van der Waals surface area contributed by atoms with Crippen molar-refractivity contribution < 1.29 is 9.53 Å². The van der Waals surface area contributed by atoms with Gasteiger partial charge >= 0.3 is 0 Å². The number of benzene rings is 4. The van der Waals surface area contributed by atoms with Gasteiger partial charge in [0.2, 0.25) is 0 Å². The van der Waals surface area contributed by atoms with Crippen molar-refractivity contribution in [3.8, 4) is 16.9 Å². The molecule has 1 N–H and O–H groups in total. The average Bonchev–Trinajstić information content (AvgIpc) is 2.79. The molecule has 0 amide bonds. The van der Waals surface area contributed by atoms with Gasteiger partial charge < -0.3 is 9.53 Å². The van der Waals surface area contributed by atoms with E-state index in [1.807, 2.05) is 48.5 Å². The van der Waals surface area contributed by atoms with Crippen LogP contribution in [-0.4, -0.2) is 13.1 Å². The number of rotatable bonds is 4. The van der Waals surface area contributed by atoms with E-state index in [9.17, 15) is 4.80 Å². The van der Waals surface area contributed by atoms with Crippen LogP contribution in [0.2, 0.25) is 0 Å². The Balaban J connectivity index is 1.61. The van der Waals surface area contributed by atoms with Crippen LogP contribution >= 0.6 is 0 Å². The third-order valence-electron chi connectivity index (χ3n) is 6.02. The zero-order chi connectivity index (χ0) is 20.6. The molecule has 1 heterocycles. The van der Waals surface area contributed by atoms with Gasteiger partial charge in [-0.3, -0.25) is 0 Å². The summed E-state index contributed by atoms with van der Waals surface area (Å²) >= 11 is 0. The Morgan fingerprint density at radius 1 is 0.767 bits per heavy atom. The molecular weight excluding hydrogens is 384 g/mol. The molecule has 0 fully saturated rings. The number of para-hydroxylation sites is 1. The van der Waals surface area contributed by atoms with Crippen LogP contribution in [0.3, 0.4) is 0 Å². The molecule has 1 atom stereocenters. The summed E-state index contributed by atoms with van der Waals surface area (Å²) in [4.78, 5) is 12.3. The molecule has 3 heteroatoms. The fourth-order valence-corrected chi connectivity index (χ4v) is 8.08. The van der Waals surface area contributed by atoms with Gasteiger partial charge in [-0.05, 0) is 46.0 Å². The quantitative estimate of drug-likeness (QED) is 0.508. The number of fused-ring (bicyclic) bond motifs is 3. The molecule has 0 radical (unpaired) electrons. The Hall–Kier alpha value is -3.14. The molecule has 148 valence electrons. The van der Waals surface area contributed by atoms with Gasteiger partial charge in [0, 0.05) is 11.2 Å². The van der Waals surface area contributed by atoms with E-state index in [1.165, 1.54) is 16.7 Å². The Morgan fingerprint density at radius 3 is 2.30 bits per heavy atom. The summed E-state index contributed by atoms with van der Waals surface area (Å²) in [6.45, 7) is 2.64. The fourth-order valence-electron chi connectivity index (χ4n) is 4.60. The van der Waals surface area contributed by atoms with Crippen LogP contribution in [0.25, 0.3) is 11.1 Å². The third kappa shape index (κ3) is 3.17. The lowest BCUT2D eigenvalue weighted by molar-refractivity contribution is 0.308. The highest BCUT2D eigenvalue weighted by atomic mass is 28.4. The summed E-state index contributed by atoms with van der Waals surface area (Å²) in [5, 5.41) is 2.02. The van der Waals surface area contributed by atoms with Crippen LogP contribution in [0.5, 0.6) is 5.75 Å². The van der Waals surface area contributed by atoms with Crippen molar-refractivity contribution in [3.05, 3.63) is 114 Å². The highest BCUT2D eigenvalue weighted by molar-refractivity contribution is 6.97.